The summed E-state index contributed by atoms with van der Waals surface area (Å²) in [7, 11) is 0. The van der Waals surface area contributed by atoms with Crippen molar-refractivity contribution in [3.8, 4) is 10.6 Å². The summed E-state index contributed by atoms with van der Waals surface area (Å²) in [5.74, 6) is 0.774. The van der Waals surface area contributed by atoms with Crippen molar-refractivity contribution in [2.45, 2.75) is 6.54 Å². The smallest absolute Gasteiger partial charge is 0.177 e. The highest BCUT2D eigenvalue weighted by Gasteiger charge is 2.07. The summed E-state index contributed by atoms with van der Waals surface area (Å²) >= 11 is 4.98. The van der Waals surface area contributed by atoms with Gasteiger partial charge in [0.15, 0.2) is 5.76 Å². The summed E-state index contributed by atoms with van der Waals surface area (Å²) in [5, 5.41) is 5.81. The first-order valence-electron chi connectivity index (χ1n) is 3.69. The number of aromatic nitrogens is 1. The minimum atomic E-state index is 0.413. The van der Waals surface area contributed by atoms with Crippen LogP contribution in [0.25, 0.3) is 10.6 Å². The zero-order valence-electron chi connectivity index (χ0n) is 6.66. The average molecular weight is 259 g/mol. The molecule has 0 aliphatic rings. The van der Waals surface area contributed by atoms with E-state index in [0.29, 0.717) is 6.54 Å². The van der Waals surface area contributed by atoms with E-state index in [4.69, 9.17) is 10.3 Å². The van der Waals surface area contributed by atoms with Crippen molar-refractivity contribution in [2.24, 2.45) is 5.73 Å². The van der Waals surface area contributed by atoms with Crippen LogP contribution in [0.2, 0.25) is 0 Å². The van der Waals surface area contributed by atoms with E-state index in [2.05, 4.69) is 21.1 Å². The van der Waals surface area contributed by atoms with Crippen molar-refractivity contribution < 1.29 is 4.52 Å². The van der Waals surface area contributed by atoms with Crippen molar-refractivity contribution in [1.29, 1.82) is 0 Å². The first kappa shape index (κ1) is 8.93. The summed E-state index contributed by atoms with van der Waals surface area (Å²) in [6.07, 6.45) is 0. The molecule has 0 radical (unpaired) electrons. The van der Waals surface area contributed by atoms with E-state index in [1.165, 1.54) is 0 Å². The Bertz CT molecular complexity index is 410. The van der Waals surface area contributed by atoms with Crippen molar-refractivity contribution in [2.75, 3.05) is 0 Å². The van der Waals surface area contributed by atoms with E-state index >= 15 is 0 Å². The molecule has 5 heteroatoms. The molecule has 0 atom stereocenters. The van der Waals surface area contributed by atoms with E-state index in [1.807, 2.05) is 17.5 Å². The summed E-state index contributed by atoms with van der Waals surface area (Å²) in [4.78, 5) is 1.05. The van der Waals surface area contributed by atoms with E-state index in [-0.39, 0.29) is 0 Å². The molecule has 2 rings (SSSR count). The molecule has 0 fully saturated rings. The highest BCUT2D eigenvalue weighted by atomic mass is 79.9. The van der Waals surface area contributed by atoms with E-state index in [1.54, 1.807) is 11.3 Å². The number of hydrogen-bond donors (Lipinski definition) is 1. The van der Waals surface area contributed by atoms with Crippen LogP contribution in [0.5, 0.6) is 0 Å². The van der Waals surface area contributed by atoms with E-state index in [9.17, 15) is 0 Å². The Morgan fingerprint density at radius 3 is 2.92 bits per heavy atom. The van der Waals surface area contributed by atoms with Crippen LogP contribution >= 0.6 is 27.3 Å². The quantitative estimate of drug-likeness (QED) is 0.901. The Hall–Kier alpha value is -0.650. The van der Waals surface area contributed by atoms with Crippen LogP contribution in [0.15, 0.2) is 26.5 Å². The minimum Gasteiger partial charge on any atom is -0.355 e. The van der Waals surface area contributed by atoms with Gasteiger partial charge in [0, 0.05) is 22.5 Å². The zero-order chi connectivity index (χ0) is 9.26. The Labute approximate surface area is 87.7 Å². The van der Waals surface area contributed by atoms with Gasteiger partial charge < -0.3 is 10.3 Å². The fourth-order valence-electron chi connectivity index (χ4n) is 0.966. The molecule has 0 aliphatic carbocycles. The van der Waals surface area contributed by atoms with Gasteiger partial charge in [-0.3, -0.25) is 0 Å². The average Bonchev–Trinajstić information content (AvgIpc) is 2.71. The molecule has 13 heavy (non-hydrogen) atoms. The summed E-state index contributed by atoms with van der Waals surface area (Å²) < 4.78 is 6.17. The maximum absolute atomic E-state index is 5.42. The third-order valence-electron chi connectivity index (χ3n) is 1.58. The SMILES string of the molecule is NCc1cc(-c2cc(Br)cs2)on1. The van der Waals surface area contributed by atoms with Crippen molar-refractivity contribution in [3.63, 3.8) is 0 Å². The predicted octanol–water partition coefficient (Wildman–Crippen LogP) is 2.62. The Balaban J connectivity index is 2.35. The number of halogens is 1. The molecule has 0 spiro atoms. The van der Waals surface area contributed by atoms with Crippen molar-refractivity contribution in [3.05, 3.63) is 27.7 Å². The summed E-state index contributed by atoms with van der Waals surface area (Å²) in [5.41, 5.74) is 6.20. The molecule has 0 aromatic carbocycles. The van der Waals surface area contributed by atoms with Crippen LogP contribution < -0.4 is 5.73 Å². The highest BCUT2D eigenvalue weighted by molar-refractivity contribution is 9.10. The molecule has 2 aromatic heterocycles. The lowest BCUT2D eigenvalue weighted by Gasteiger charge is -1.83. The van der Waals surface area contributed by atoms with Gasteiger partial charge in [-0.2, -0.15) is 0 Å². The van der Waals surface area contributed by atoms with Gasteiger partial charge in [0.1, 0.15) is 0 Å². The van der Waals surface area contributed by atoms with Crippen LogP contribution in [-0.4, -0.2) is 5.16 Å². The molecule has 2 aromatic rings. The number of nitrogens with zero attached hydrogens (tertiary/aromatic N) is 1. The van der Waals surface area contributed by atoms with Gasteiger partial charge in [-0.05, 0) is 22.0 Å². The van der Waals surface area contributed by atoms with Gasteiger partial charge in [-0.25, -0.2) is 0 Å². The topological polar surface area (TPSA) is 52.0 Å². The number of thiophene rings is 1. The molecule has 0 aliphatic heterocycles. The molecule has 68 valence electrons. The van der Waals surface area contributed by atoms with Crippen LogP contribution in [0.3, 0.4) is 0 Å². The fourth-order valence-corrected chi connectivity index (χ4v) is 2.34. The van der Waals surface area contributed by atoms with Gasteiger partial charge in [0.25, 0.3) is 0 Å². The molecule has 0 saturated carbocycles. The van der Waals surface area contributed by atoms with Gasteiger partial charge in [0.05, 0.1) is 10.6 Å². The zero-order valence-corrected chi connectivity index (χ0v) is 9.06. The van der Waals surface area contributed by atoms with Crippen LogP contribution in [-0.2, 0) is 6.54 Å². The largest absolute Gasteiger partial charge is 0.355 e. The normalized spacial score (nSPS) is 10.6. The van der Waals surface area contributed by atoms with E-state index < -0.39 is 0 Å². The molecule has 0 amide bonds. The number of nitrogens with two attached hydrogens (primary N) is 1. The maximum atomic E-state index is 5.42. The standard InChI is InChI=1S/C8H7BrN2OS/c9-5-1-8(13-4-5)7-2-6(3-10)11-12-7/h1-2,4H,3,10H2. The lowest BCUT2D eigenvalue weighted by molar-refractivity contribution is 0.424. The molecule has 2 heterocycles. The van der Waals surface area contributed by atoms with Crippen LogP contribution in [0, 0.1) is 0 Å². The van der Waals surface area contributed by atoms with Gasteiger partial charge in [-0.15, -0.1) is 11.3 Å². The first-order chi connectivity index (χ1) is 6.29. The Morgan fingerprint density at radius 2 is 2.38 bits per heavy atom. The van der Waals surface area contributed by atoms with Gasteiger partial charge in [-0.1, -0.05) is 5.16 Å². The summed E-state index contributed by atoms with van der Waals surface area (Å²) in [6.45, 7) is 0.413. The van der Waals surface area contributed by atoms with Gasteiger partial charge in [0.2, 0.25) is 0 Å². The van der Waals surface area contributed by atoms with Crippen molar-refractivity contribution >= 4 is 27.3 Å². The highest BCUT2D eigenvalue weighted by Crippen LogP contribution is 2.29. The molecule has 0 unspecified atom stereocenters. The van der Waals surface area contributed by atoms with Gasteiger partial charge >= 0.3 is 0 Å². The van der Waals surface area contributed by atoms with E-state index in [0.717, 1.165) is 20.8 Å². The molecule has 0 bridgehead atoms. The Kier molecular flexibility index (Phi) is 2.48. The molecule has 0 saturated heterocycles. The monoisotopic (exact) mass is 258 g/mol. The lowest BCUT2D eigenvalue weighted by Crippen LogP contribution is -1.94. The van der Waals surface area contributed by atoms with Crippen LogP contribution in [0.4, 0.5) is 0 Å². The van der Waals surface area contributed by atoms with Crippen molar-refractivity contribution in [1.82, 2.24) is 5.16 Å². The predicted molar refractivity (Wildman–Crippen MR) is 55.4 cm³/mol. The minimum absolute atomic E-state index is 0.413. The first-order valence-corrected chi connectivity index (χ1v) is 5.37. The third-order valence-corrected chi connectivity index (χ3v) is 3.28. The number of hydrogen-bond acceptors (Lipinski definition) is 4. The maximum Gasteiger partial charge on any atom is 0.177 e. The second-order valence-electron chi connectivity index (χ2n) is 2.52. The molecule has 2 N–H and O–H groups in total. The molecular weight excluding hydrogens is 252 g/mol. The second kappa shape index (κ2) is 3.61. The number of rotatable bonds is 2. The van der Waals surface area contributed by atoms with Crippen LogP contribution in [0.1, 0.15) is 5.69 Å². The fraction of sp³-hybridized carbons (Fsp3) is 0.125. The third kappa shape index (κ3) is 1.82. The lowest BCUT2D eigenvalue weighted by atomic mass is 10.3. The second-order valence-corrected chi connectivity index (χ2v) is 4.34. The molecule has 3 nitrogen and oxygen atoms in total. The summed E-state index contributed by atoms with van der Waals surface area (Å²) in [6, 6.07) is 3.85. The molecular formula is C8H7BrN2OS. The Morgan fingerprint density at radius 1 is 1.54 bits per heavy atom.